The molecule has 1 aliphatic carbocycles. The number of ether oxygens (including phenoxy) is 2. The molecule has 5 rings (SSSR count). The van der Waals surface area contributed by atoms with Gasteiger partial charge in [0, 0.05) is 28.2 Å². The van der Waals surface area contributed by atoms with E-state index in [-0.39, 0.29) is 12.1 Å². The van der Waals surface area contributed by atoms with Crippen molar-refractivity contribution in [3.05, 3.63) is 58.0 Å². The highest BCUT2D eigenvalue weighted by Crippen LogP contribution is 2.38. The van der Waals surface area contributed by atoms with E-state index in [1.807, 2.05) is 6.07 Å². The first-order valence-electron chi connectivity index (χ1n) is 7.99. The lowest BCUT2D eigenvalue weighted by Crippen LogP contribution is -2.31. The number of benzene rings is 1. The zero-order valence-corrected chi connectivity index (χ0v) is 13.3. The first-order chi connectivity index (χ1) is 11.3. The third-order valence-corrected chi connectivity index (χ3v) is 5.17. The van der Waals surface area contributed by atoms with Gasteiger partial charge in [-0.25, -0.2) is 0 Å². The second kappa shape index (κ2) is 5.13. The predicted octanol–water partition coefficient (Wildman–Crippen LogP) is 3.60. The van der Waals surface area contributed by atoms with Gasteiger partial charge in [-0.05, 0) is 48.3 Å². The summed E-state index contributed by atoms with van der Waals surface area (Å²) in [5, 5.41) is 5.65. The molecule has 23 heavy (non-hydrogen) atoms. The molecule has 4 nitrogen and oxygen atoms in total. The van der Waals surface area contributed by atoms with Gasteiger partial charge in [-0.15, -0.1) is 0 Å². The molecular weight excluding hydrogens is 312 g/mol. The van der Waals surface area contributed by atoms with Crippen molar-refractivity contribution < 1.29 is 9.47 Å². The maximum absolute atomic E-state index is 6.18. The summed E-state index contributed by atoms with van der Waals surface area (Å²) in [6.07, 6.45) is 6.38. The van der Waals surface area contributed by atoms with Gasteiger partial charge >= 0.3 is 0 Å². The van der Waals surface area contributed by atoms with Crippen molar-refractivity contribution in [1.29, 1.82) is 0 Å². The molecule has 2 unspecified atom stereocenters. The van der Waals surface area contributed by atoms with Gasteiger partial charge < -0.3 is 19.8 Å². The van der Waals surface area contributed by atoms with Crippen LogP contribution in [0.15, 0.2) is 41.7 Å². The molecule has 2 aliphatic heterocycles. The summed E-state index contributed by atoms with van der Waals surface area (Å²) in [6, 6.07) is 6.23. The van der Waals surface area contributed by atoms with E-state index >= 15 is 0 Å². The number of fused-ring (bicyclic) bond motifs is 4. The fourth-order valence-electron chi connectivity index (χ4n) is 3.83. The molecule has 0 saturated carbocycles. The van der Waals surface area contributed by atoms with Crippen LogP contribution in [-0.4, -0.2) is 24.4 Å². The molecule has 118 valence electrons. The number of halogens is 1. The summed E-state index contributed by atoms with van der Waals surface area (Å²) in [5.41, 5.74) is 5.01. The highest BCUT2D eigenvalue weighted by molar-refractivity contribution is 6.31. The quantitative estimate of drug-likeness (QED) is 0.841. The molecule has 3 heterocycles. The minimum absolute atomic E-state index is 0.100. The minimum Gasteiger partial charge on any atom is -0.469 e. The SMILES string of the molecule is Clc1ccc2[nH]c3c(c2c1)CCNC3C1=CCC2OCOC2=C1. The lowest BCUT2D eigenvalue weighted by molar-refractivity contribution is 0.0508. The number of nitrogens with one attached hydrogen (secondary N) is 2. The van der Waals surface area contributed by atoms with E-state index in [2.05, 4.69) is 34.6 Å². The second-order valence-electron chi connectivity index (χ2n) is 6.25. The van der Waals surface area contributed by atoms with Crippen LogP contribution < -0.4 is 5.32 Å². The van der Waals surface area contributed by atoms with E-state index in [1.165, 1.54) is 22.2 Å². The number of rotatable bonds is 1. The molecule has 0 spiro atoms. The Morgan fingerprint density at radius 2 is 2.22 bits per heavy atom. The highest BCUT2D eigenvalue weighted by atomic mass is 35.5. The van der Waals surface area contributed by atoms with Crippen LogP contribution in [0.4, 0.5) is 0 Å². The third-order valence-electron chi connectivity index (χ3n) is 4.94. The van der Waals surface area contributed by atoms with Crippen molar-refractivity contribution in [2.75, 3.05) is 13.3 Å². The van der Waals surface area contributed by atoms with Gasteiger partial charge in [-0.3, -0.25) is 0 Å². The lowest BCUT2D eigenvalue weighted by Gasteiger charge is -2.27. The van der Waals surface area contributed by atoms with Crippen molar-refractivity contribution in [2.24, 2.45) is 0 Å². The Labute approximate surface area is 139 Å². The fraction of sp³-hybridized carbons (Fsp3) is 0.333. The van der Waals surface area contributed by atoms with Crippen molar-refractivity contribution in [2.45, 2.75) is 25.0 Å². The fourth-order valence-corrected chi connectivity index (χ4v) is 4.00. The van der Waals surface area contributed by atoms with Crippen LogP contribution in [0.3, 0.4) is 0 Å². The molecule has 1 aromatic heterocycles. The number of hydrogen-bond donors (Lipinski definition) is 2. The Hall–Kier alpha value is -1.75. The lowest BCUT2D eigenvalue weighted by atomic mass is 9.90. The zero-order valence-electron chi connectivity index (χ0n) is 12.6. The van der Waals surface area contributed by atoms with Crippen LogP contribution in [0.1, 0.15) is 23.7 Å². The number of aromatic nitrogens is 1. The molecule has 5 heteroatoms. The highest BCUT2D eigenvalue weighted by Gasteiger charge is 2.31. The summed E-state index contributed by atoms with van der Waals surface area (Å²) >= 11 is 6.18. The summed E-state index contributed by atoms with van der Waals surface area (Å²) < 4.78 is 11.1. The van der Waals surface area contributed by atoms with Gasteiger partial charge in [0.05, 0.1) is 6.04 Å². The normalized spacial score (nSPS) is 26.3. The molecule has 2 aromatic rings. The van der Waals surface area contributed by atoms with Crippen molar-refractivity contribution in [3.63, 3.8) is 0 Å². The molecule has 1 aromatic carbocycles. The molecular formula is C18H17ClN2O2. The van der Waals surface area contributed by atoms with E-state index in [0.29, 0.717) is 6.79 Å². The van der Waals surface area contributed by atoms with E-state index < -0.39 is 0 Å². The molecule has 0 radical (unpaired) electrons. The number of H-pyrrole nitrogens is 1. The van der Waals surface area contributed by atoms with Crippen LogP contribution in [0.25, 0.3) is 10.9 Å². The Morgan fingerprint density at radius 1 is 1.26 bits per heavy atom. The Balaban J connectivity index is 1.60. The van der Waals surface area contributed by atoms with Crippen LogP contribution in [0.2, 0.25) is 5.02 Å². The summed E-state index contributed by atoms with van der Waals surface area (Å²) in [6.45, 7) is 1.32. The molecule has 3 aliphatic rings. The molecule has 0 amide bonds. The van der Waals surface area contributed by atoms with Gasteiger partial charge in [-0.2, -0.15) is 0 Å². The maximum Gasteiger partial charge on any atom is 0.189 e. The van der Waals surface area contributed by atoms with Gasteiger partial charge in [0.2, 0.25) is 0 Å². The third kappa shape index (κ3) is 2.13. The first kappa shape index (κ1) is 13.7. The number of hydrogen-bond acceptors (Lipinski definition) is 3. The Bertz CT molecular complexity index is 852. The van der Waals surface area contributed by atoms with Crippen molar-refractivity contribution in [1.82, 2.24) is 10.3 Å². The Kier molecular flexibility index (Phi) is 3.05. The smallest absolute Gasteiger partial charge is 0.189 e. The van der Waals surface area contributed by atoms with Gasteiger partial charge in [0.15, 0.2) is 6.79 Å². The van der Waals surface area contributed by atoms with Crippen LogP contribution >= 0.6 is 11.6 Å². The minimum atomic E-state index is 0.100. The average Bonchev–Trinajstić information content (AvgIpc) is 3.17. The van der Waals surface area contributed by atoms with E-state index in [1.54, 1.807) is 0 Å². The van der Waals surface area contributed by atoms with Crippen molar-refractivity contribution in [3.8, 4) is 0 Å². The monoisotopic (exact) mass is 328 g/mol. The second-order valence-corrected chi connectivity index (χ2v) is 6.68. The van der Waals surface area contributed by atoms with Crippen LogP contribution in [-0.2, 0) is 15.9 Å². The van der Waals surface area contributed by atoms with E-state index in [0.717, 1.165) is 35.7 Å². The van der Waals surface area contributed by atoms with Gasteiger partial charge in [-0.1, -0.05) is 17.7 Å². The number of aromatic amines is 1. The topological polar surface area (TPSA) is 46.3 Å². The van der Waals surface area contributed by atoms with E-state index in [4.69, 9.17) is 21.1 Å². The van der Waals surface area contributed by atoms with Gasteiger partial charge in [0.1, 0.15) is 11.9 Å². The molecule has 1 fully saturated rings. The molecule has 0 bridgehead atoms. The summed E-state index contributed by atoms with van der Waals surface area (Å²) in [5.74, 6) is 0.954. The standard InChI is InChI=1S/C18H17ClN2O2/c19-11-2-3-14-13(8-11)12-5-6-20-17(18(12)21-14)10-1-4-15-16(7-10)23-9-22-15/h1-3,7-8,15,17,20-21H,4-6,9H2. The van der Waals surface area contributed by atoms with Crippen LogP contribution in [0, 0.1) is 0 Å². The summed E-state index contributed by atoms with van der Waals surface area (Å²) in [4.78, 5) is 3.59. The Morgan fingerprint density at radius 3 is 3.17 bits per heavy atom. The van der Waals surface area contributed by atoms with Gasteiger partial charge in [0.25, 0.3) is 0 Å². The predicted molar refractivity (Wildman–Crippen MR) is 89.4 cm³/mol. The first-order valence-corrected chi connectivity index (χ1v) is 8.37. The summed E-state index contributed by atoms with van der Waals surface area (Å²) in [7, 11) is 0. The molecule has 1 saturated heterocycles. The van der Waals surface area contributed by atoms with E-state index in [9.17, 15) is 0 Å². The average molecular weight is 329 g/mol. The van der Waals surface area contributed by atoms with Crippen LogP contribution in [0.5, 0.6) is 0 Å². The zero-order chi connectivity index (χ0) is 15.4. The van der Waals surface area contributed by atoms with Crippen molar-refractivity contribution >= 4 is 22.5 Å². The molecule has 2 N–H and O–H groups in total. The maximum atomic E-state index is 6.18. The molecule has 2 atom stereocenters. The largest absolute Gasteiger partial charge is 0.469 e.